The lowest BCUT2D eigenvalue weighted by Crippen LogP contribution is -2.33. The summed E-state index contributed by atoms with van der Waals surface area (Å²) in [5, 5.41) is 14.5. The number of aromatic hydroxyl groups is 1. The van der Waals surface area contributed by atoms with Crippen LogP contribution in [0.1, 0.15) is 45.1 Å². The van der Waals surface area contributed by atoms with Crippen LogP contribution in [0.2, 0.25) is 0 Å². The van der Waals surface area contributed by atoms with Crippen LogP contribution in [0.4, 0.5) is 0 Å². The van der Waals surface area contributed by atoms with Gasteiger partial charge in [0.1, 0.15) is 5.56 Å². The van der Waals surface area contributed by atoms with Crippen molar-refractivity contribution < 1.29 is 9.90 Å². The van der Waals surface area contributed by atoms with Crippen LogP contribution in [0, 0.1) is 0 Å². The second-order valence-electron chi connectivity index (χ2n) is 5.68. The maximum absolute atomic E-state index is 12.2. The van der Waals surface area contributed by atoms with Crippen LogP contribution in [0.3, 0.4) is 0 Å². The van der Waals surface area contributed by atoms with Gasteiger partial charge in [0.05, 0.1) is 11.4 Å². The molecular formula is C18H22N4O4. The molecular weight excluding hydrogens is 336 g/mol. The molecule has 0 saturated carbocycles. The summed E-state index contributed by atoms with van der Waals surface area (Å²) in [6.45, 7) is 3.70. The Balaban J connectivity index is 2.49. The molecule has 8 nitrogen and oxygen atoms in total. The number of nitrogens with zero attached hydrogens (tertiary/aromatic N) is 2. The normalized spacial score (nSPS) is 11.4. The van der Waals surface area contributed by atoms with Gasteiger partial charge in [0.15, 0.2) is 0 Å². The summed E-state index contributed by atoms with van der Waals surface area (Å²) in [6, 6.07) is 8.42. The fourth-order valence-electron chi connectivity index (χ4n) is 2.44. The maximum Gasteiger partial charge on any atom is 0.335 e. The van der Waals surface area contributed by atoms with Gasteiger partial charge >= 0.3 is 5.69 Å². The minimum absolute atomic E-state index is 0.147. The molecule has 1 amide bonds. The third-order valence-corrected chi connectivity index (χ3v) is 3.80. The first kappa shape index (κ1) is 19.2. The Kier molecular flexibility index (Phi) is 6.48. The lowest BCUT2D eigenvalue weighted by atomic mass is 10.1. The van der Waals surface area contributed by atoms with Crippen molar-refractivity contribution in [3.05, 3.63) is 56.7 Å². The van der Waals surface area contributed by atoms with Gasteiger partial charge in [-0.15, -0.1) is 0 Å². The summed E-state index contributed by atoms with van der Waals surface area (Å²) in [5.74, 6) is -0.793. The SMILES string of the molecule is CCCCC(=O)NN=C(CC)c1c(O)n(-c2ccccc2)c(=O)[nH]c1=O. The number of benzene rings is 1. The summed E-state index contributed by atoms with van der Waals surface area (Å²) < 4.78 is 0.987. The highest BCUT2D eigenvalue weighted by atomic mass is 16.3. The standard InChI is InChI=1S/C18H22N4O4/c1-3-5-11-14(23)21-20-13(4-2)15-16(24)19-18(26)22(17(15)25)12-9-7-6-8-10-12/h6-10,25H,3-5,11H2,1-2H3,(H,21,23)(H,19,24,26). The minimum Gasteiger partial charge on any atom is -0.493 e. The highest BCUT2D eigenvalue weighted by Crippen LogP contribution is 2.17. The number of amides is 1. The summed E-state index contributed by atoms with van der Waals surface area (Å²) in [6.07, 6.45) is 2.20. The number of hydrogen-bond donors (Lipinski definition) is 3. The molecule has 26 heavy (non-hydrogen) atoms. The molecule has 0 bridgehead atoms. The van der Waals surface area contributed by atoms with Crippen molar-refractivity contribution in [3.8, 4) is 11.6 Å². The van der Waals surface area contributed by atoms with E-state index >= 15 is 0 Å². The summed E-state index contributed by atoms with van der Waals surface area (Å²) in [7, 11) is 0. The van der Waals surface area contributed by atoms with E-state index < -0.39 is 17.1 Å². The van der Waals surface area contributed by atoms with Crippen LogP contribution in [-0.4, -0.2) is 26.3 Å². The molecule has 1 aromatic carbocycles. The smallest absolute Gasteiger partial charge is 0.335 e. The number of nitrogens with one attached hydrogen (secondary N) is 2. The number of unbranched alkanes of at least 4 members (excludes halogenated alkanes) is 1. The molecule has 3 N–H and O–H groups in total. The monoisotopic (exact) mass is 358 g/mol. The van der Waals surface area contributed by atoms with E-state index in [0.717, 1.165) is 17.4 Å². The first-order valence-corrected chi connectivity index (χ1v) is 8.49. The number of rotatable bonds is 7. The van der Waals surface area contributed by atoms with Crippen LogP contribution >= 0.6 is 0 Å². The van der Waals surface area contributed by atoms with Crippen LogP contribution in [0.15, 0.2) is 45.0 Å². The third kappa shape index (κ3) is 4.27. The zero-order valence-electron chi connectivity index (χ0n) is 14.8. The molecule has 0 atom stereocenters. The molecule has 0 aliphatic carbocycles. The van der Waals surface area contributed by atoms with Crippen LogP contribution in [0.25, 0.3) is 5.69 Å². The number of H-pyrrole nitrogens is 1. The van der Waals surface area contributed by atoms with E-state index in [1.54, 1.807) is 37.3 Å². The molecule has 0 fully saturated rings. The first-order valence-electron chi connectivity index (χ1n) is 8.49. The van der Waals surface area contributed by atoms with E-state index in [4.69, 9.17) is 0 Å². The molecule has 138 valence electrons. The Bertz CT molecular complexity index is 913. The molecule has 0 aliphatic heterocycles. The highest BCUT2D eigenvalue weighted by molar-refractivity contribution is 6.02. The van der Waals surface area contributed by atoms with Gasteiger partial charge in [-0.05, 0) is 25.0 Å². The van der Waals surface area contributed by atoms with E-state index in [0.29, 0.717) is 12.1 Å². The van der Waals surface area contributed by atoms with Crippen molar-refractivity contribution in [1.82, 2.24) is 15.0 Å². The fourth-order valence-corrected chi connectivity index (χ4v) is 2.44. The van der Waals surface area contributed by atoms with Crippen LogP contribution in [0.5, 0.6) is 5.88 Å². The van der Waals surface area contributed by atoms with Crippen LogP contribution in [-0.2, 0) is 4.79 Å². The molecule has 0 spiro atoms. The van der Waals surface area contributed by atoms with Gasteiger partial charge < -0.3 is 5.11 Å². The number of aromatic nitrogens is 2. The quantitative estimate of drug-likeness (QED) is 0.515. The van der Waals surface area contributed by atoms with Crippen molar-refractivity contribution in [2.75, 3.05) is 0 Å². The Morgan fingerprint density at radius 3 is 2.54 bits per heavy atom. The van der Waals surface area contributed by atoms with Gasteiger partial charge in [-0.1, -0.05) is 38.5 Å². The lowest BCUT2D eigenvalue weighted by Gasteiger charge is -2.12. The minimum atomic E-state index is -0.761. The van der Waals surface area contributed by atoms with Gasteiger partial charge in [0.2, 0.25) is 11.8 Å². The largest absolute Gasteiger partial charge is 0.493 e. The topological polar surface area (TPSA) is 117 Å². The Labute approximate surface area is 150 Å². The van der Waals surface area contributed by atoms with Gasteiger partial charge in [-0.25, -0.2) is 14.8 Å². The van der Waals surface area contributed by atoms with E-state index in [1.165, 1.54) is 0 Å². The summed E-state index contributed by atoms with van der Waals surface area (Å²) >= 11 is 0. The molecule has 0 aliphatic rings. The van der Waals surface area contributed by atoms with Crippen molar-refractivity contribution in [2.24, 2.45) is 5.10 Å². The van der Waals surface area contributed by atoms with E-state index in [2.05, 4.69) is 15.5 Å². The number of carbonyl (C=O) groups is 1. The zero-order valence-corrected chi connectivity index (χ0v) is 14.8. The summed E-state index contributed by atoms with van der Waals surface area (Å²) in [5.41, 5.74) is 1.30. The number of para-hydroxylation sites is 1. The molecule has 2 rings (SSSR count). The predicted molar refractivity (Wildman–Crippen MR) is 98.8 cm³/mol. The Morgan fingerprint density at radius 2 is 1.92 bits per heavy atom. The van der Waals surface area contributed by atoms with Gasteiger partial charge in [0, 0.05) is 6.42 Å². The molecule has 2 aromatic rings. The molecule has 1 aromatic heterocycles. The summed E-state index contributed by atoms with van der Waals surface area (Å²) in [4.78, 5) is 38.3. The highest BCUT2D eigenvalue weighted by Gasteiger charge is 2.19. The second kappa shape index (κ2) is 8.80. The molecule has 0 unspecified atom stereocenters. The van der Waals surface area contributed by atoms with Gasteiger partial charge in [-0.3, -0.25) is 14.6 Å². The number of hydrogen-bond acceptors (Lipinski definition) is 5. The number of hydrazone groups is 1. The number of aromatic amines is 1. The van der Waals surface area contributed by atoms with Crippen molar-refractivity contribution in [3.63, 3.8) is 0 Å². The molecule has 0 radical (unpaired) electrons. The number of carbonyl (C=O) groups excluding carboxylic acids is 1. The van der Waals surface area contributed by atoms with Crippen LogP contribution < -0.4 is 16.7 Å². The van der Waals surface area contributed by atoms with E-state index in [1.807, 2.05) is 6.92 Å². The third-order valence-electron chi connectivity index (χ3n) is 3.80. The van der Waals surface area contributed by atoms with Crippen molar-refractivity contribution >= 4 is 11.6 Å². The predicted octanol–water partition coefficient (Wildman–Crippen LogP) is 1.65. The fraction of sp³-hybridized carbons (Fsp3) is 0.333. The van der Waals surface area contributed by atoms with Crippen molar-refractivity contribution in [1.29, 1.82) is 0 Å². The zero-order chi connectivity index (χ0) is 19.1. The Morgan fingerprint density at radius 1 is 1.23 bits per heavy atom. The van der Waals surface area contributed by atoms with E-state index in [-0.39, 0.29) is 23.6 Å². The van der Waals surface area contributed by atoms with E-state index in [9.17, 15) is 19.5 Å². The lowest BCUT2D eigenvalue weighted by molar-refractivity contribution is -0.121. The van der Waals surface area contributed by atoms with Gasteiger partial charge in [0.25, 0.3) is 5.56 Å². The molecule has 8 heteroatoms. The molecule has 0 saturated heterocycles. The Hall–Kier alpha value is -3.16. The molecule has 1 heterocycles. The average Bonchev–Trinajstić information content (AvgIpc) is 2.63. The first-order chi connectivity index (χ1) is 12.5. The maximum atomic E-state index is 12.2. The van der Waals surface area contributed by atoms with Crippen molar-refractivity contribution in [2.45, 2.75) is 39.5 Å². The van der Waals surface area contributed by atoms with Gasteiger partial charge in [-0.2, -0.15) is 5.10 Å². The second-order valence-corrected chi connectivity index (χ2v) is 5.68. The average molecular weight is 358 g/mol.